The summed E-state index contributed by atoms with van der Waals surface area (Å²) >= 11 is 0.975. The summed E-state index contributed by atoms with van der Waals surface area (Å²) < 4.78 is 40.1. The first kappa shape index (κ1) is 21.6. The molecule has 3 rings (SSSR count). The average molecular weight is 424 g/mol. The monoisotopic (exact) mass is 423 g/mol. The van der Waals surface area contributed by atoms with Gasteiger partial charge in [0.2, 0.25) is 5.91 Å². The van der Waals surface area contributed by atoms with Gasteiger partial charge in [0.25, 0.3) is 0 Å². The Balaban J connectivity index is 1.88. The van der Waals surface area contributed by atoms with Gasteiger partial charge in [-0.2, -0.15) is 13.2 Å². The third-order valence-electron chi connectivity index (χ3n) is 5.14. The Morgan fingerprint density at radius 2 is 1.76 bits per heavy atom. The summed E-state index contributed by atoms with van der Waals surface area (Å²) in [6, 6.07) is 9.85. The van der Waals surface area contributed by atoms with E-state index in [0.717, 1.165) is 37.1 Å². The standard InChI is InChI=1S/C21H24F3N3OS/c1-13-8-7-9-14(2)27(13)19(28)15(3)29-20-25-17(16-10-5-4-6-11-16)12-18(26-20)21(22,23)24/h4-6,10-15H,7-9H2,1-3H3/t13-,14-,15-/m1/s1. The predicted octanol–water partition coefficient (Wildman–Crippen LogP) is 5.43. The molecule has 0 bridgehead atoms. The number of benzene rings is 1. The maximum Gasteiger partial charge on any atom is 0.433 e. The third kappa shape index (κ3) is 5.10. The number of hydrogen-bond donors (Lipinski definition) is 0. The Morgan fingerprint density at radius 1 is 1.14 bits per heavy atom. The molecule has 0 N–H and O–H groups in total. The molecule has 1 aromatic heterocycles. The molecule has 1 aromatic carbocycles. The van der Waals surface area contributed by atoms with Gasteiger partial charge in [0.1, 0.15) is 5.69 Å². The van der Waals surface area contributed by atoms with E-state index >= 15 is 0 Å². The molecule has 0 radical (unpaired) electrons. The lowest BCUT2D eigenvalue weighted by Gasteiger charge is -2.40. The largest absolute Gasteiger partial charge is 0.433 e. The smallest absolute Gasteiger partial charge is 0.336 e. The van der Waals surface area contributed by atoms with Gasteiger partial charge < -0.3 is 4.90 Å². The van der Waals surface area contributed by atoms with Gasteiger partial charge in [-0.25, -0.2) is 9.97 Å². The van der Waals surface area contributed by atoms with Gasteiger partial charge in [-0.3, -0.25) is 4.79 Å². The molecule has 1 aliphatic heterocycles. The first-order chi connectivity index (χ1) is 13.7. The molecule has 0 saturated carbocycles. The highest BCUT2D eigenvalue weighted by atomic mass is 32.2. The number of piperidine rings is 1. The van der Waals surface area contributed by atoms with Crippen LogP contribution < -0.4 is 0 Å². The number of alkyl halides is 3. The Morgan fingerprint density at radius 3 is 2.34 bits per heavy atom. The molecule has 1 amide bonds. The summed E-state index contributed by atoms with van der Waals surface area (Å²) in [6.45, 7) is 5.73. The maximum absolute atomic E-state index is 13.4. The normalized spacial score (nSPS) is 21.1. The molecule has 2 aromatic rings. The molecule has 1 fully saturated rings. The zero-order chi connectivity index (χ0) is 21.2. The van der Waals surface area contributed by atoms with E-state index in [1.165, 1.54) is 0 Å². The number of amides is 1. The molecule has 3 atom stereocenters. The van der Waals surface area contributed by atoms with E-state index in [2.05, 4.69) is 9.97 Å². The summed E-state index contributed by atoms with van der Waals surface area (Å²) in [4.78, 5) is 22.8. The van der Waals surface area contributed by atoms with Crippen molar-refractivity contribution in [1.82, 2.24) is 14.9 Å². The van der Waals surface area contributed by atoms with Crippen LogP contribution in [0.15, 0.2) is 41.6 Å². The Bertz CT molecular complexity index is 850. The van der Waals surface area contributed by atoms with Crippen molar-refractivity contribution in [3.8, 4) is 11.3 Å². The summed E-state index contributed by atoms with van der Waals surface area (Å²) in [5.41, 5.74) is -0.248. The lowest BCUT2D eigenvalue weighted by Crippen LogP contribution is -2.50. The summed E-state index contributed by atoms with van der Waals surface area (Å²) in [6.07, 6.45) is -1.65. The van der Waals surface area contributed by atoms with E-state index < -0.39 is 17.1 Å². The van der Waals surface area contributed by atoms with Crippen molar-refractivity contribution in [2.45, 2.75) is 68.7 Å². The van der Waals surface area contributed by atoms with Crippen molar-refractivity contribution in [2.75, 3.05) is 0 Å². The van der Waals surface area contributed by atoms with Crippen LogP contribution in [0.5, 0.6) is 0 Å². The minimum Gasteiger partial charge on any atom is -0.336 e. The first-order valence-corrected chi connectivity index (χ1v) is 10.6. The number of aromatic nitrogens is 2. The number of nitrogens with zero attached hydrogens (tertiary/aromatic N) is 3. The Hall–Kier alpha value is -2.09. The number of hydrogen-bond acceptors (Lipinski definition) is 4. The highest BCUT2D eigenvalue weighted by Gasteiger charge is 2.35. The van der Waals surface area contributed by atoms with Gasteiger partial charge in [0.15, 0.2) is 5.16 Å². The van der Waals surface area contributed by atoms with Gasteiger partial charge in [-0.05, 0) is 46.1 Å². The van der Waals surface area contributed by atoms with Gasteiger partial charge in [-0.15, -0.1) is 0 Å². The first-order valence-electron chi connectivity index (χ1n) is 9.67. The van der Waals surface area contributed by atoms with Crippen LogP contribution in [-0.2, 0) is 11.0 Å². The van der Waals surface area contributed by atoms with Crippen molar-refractivity contribution in [1.29, 1.82) is 0 Å². The number of halogens is 3. The molecule has 0 aliphatic carbocycles. The number of rotatable bonds is 4. The van der Waals surface area contributed by atoms with E-state index in [1.807, 2.05) is 18.7 Å². The van der Waals surface area contributed by atoms with Crippen LogP contribution in [-0.4, -0.2) is 38.1 Å². The lowest BCUT2D eigenvalue weighted by molar-refractivity contribution is -0.141. The Kier molecular flexibility index (Phi) is 6.51. The fourth-order valence-corrected chi connectivity index (χ4v) is 4.49. The molecule has 2 heterocycles. The molecule has 0 spiro atoms. The molecular formula is C21H24F3N3OS. The van der Waals surface area contributed by atoms with Crippen LogP contribution in [0.3, 0.4) is 0 Å². The predicted molar refractivity (Wildman–Crippen MR) is 107 cm³/mol. The van der Waals surface area contributed by atoms with Crippen LogP contribution in [0.4, 0.5) is 13.2 Å². The SMILES string of the molecule is C[C@@H]1CCC[C@@H](C)N1C(=O)[C@@H](C)Sc1nc(-c2ccccc2)cc(C(F)(F)F)n1. The van der Waals surface area contributed by atoms with Gasteiger partial charge in [-0.1, -0.05) is 42.1 Å². The average Bonchev–Trinajstić information content (AvgIpc) is 2.67. The molecule has 4 nitrogen and oxygen atoms in total. The fourth-order valence-electron chi connectivity index (χ4n) is 3.65. The lowest BCUT2D eigenvalue weighted by atomic mass is 9.97. The molecule has 0 unspecified atom stereocenters. The molecule has 8 heteroatoms. The fraction of sp³-hybridized carbons (Fsp3) is 0.476. The van der Waals surface area contributed by atoms with E-state index in [9.17, 15) is 18.0 Å². The van der Waals surface area contributed by atoms with E-state index in [-0.39, 0.29) is 28.8 Å². The molecule has 1 aliphatic rings. The highest BCUT2D eigenvalue weighted by Crippen LogP contribution is 2.34. The van der Waals surface area contributed by atoms with Crippen LogP contribution in [0.25, 0.3) is 11.3 Å². The zero-order valence-electron chi connectivity index (χ0n) is 16.6. The second-order valence-electron chi connectivity index (χ2n) is 7.42. The minimum absolute atomic E-state index is 0.0446. The molecule has 156 valence electrons. The number of carbonyl (C=O) groups is 1. The summed E-state index contributed by atoms with van der Waals surface area (Å²) in [5.74, 6) is -0.0861. The van der Waals surface area contributed by atoms with Crippen molar-refractivity contribution in [2.24, 2.45) is 0 Å². The molecular weight excluding hydrogens is 399 g/mol. The van der Waals surface area contributed by atoms with Gasteiger partial charge in [0.05, 0.1) is 10.9 Å². The number of likely N-dealkylation sites (tertiary alicyclic amines) is 1. The number of carbonyl (C=O) groups excluding carboxylic acids is 1. The van der Waals surface area contributed by atoms with Crippen molar-refractivity contribution in [3.05, 3.63) is 42.1 Å². The van der Waals surface area contributed by atoms with Crippen LogP contribution in [0.1, 0.15) is 45.7 Å². The second-order valence-corrected chi connectivity index (χ2v) is 8.73. The Labute approximate surface area is 172 Å². The van der Waals surface area contributed by atoms with E-state index in [4.69, 9.17) is 0 Å². The second kappa shape index (κ2) is 8.73. The van der Waals surface area contributed by atoms with Crippen LogP contribution in [0, 0.1) is 0 Å². The summed E-state index contributed by atoms with van der Waals surface area (Å²) in [5, 5.41) is -0.623. The summed E-state index contributed by atoms with van der Waals surface area (Å²) in [7, 11) is 0. The molecule has 29 heavy (non-hydrogen) atoms. The van der Waals surface area contributed by atoms with Gasteiger partial charge >= 0.3 is 6.18 Å². The maximum atomic E-state index is 13.4. The molecule has 1 saturated heterocycles. The van der Waals surface area contributed by atoms with Crippen LogP contribution >= 0.6 is 11.8 Å². The highest BCUT2D eigenvalue weighted by molar-refractivity contribution is 8.00. The number of thioether (sulfide) groups is 1. The van der Waals surface area contributed by atoms with Crippen molar-refractivity contribution < 1.29 is 18.0 Å². The third-order valence-corrected chi connectivity index (χ3v) is 6.09. The van der Waals surface area contributed by atoms with E-state index in [1.54, 1.807) is 37.3 Å². The van der Waals surface area contributed by atoms with Crippen LogP contribution in [0.2, 0.25) is 0 Å². The van der Waals surface area contributed by atoms with Gasteiger partial charge in [0, 0.05) is 17.6 Å². The topological polar surface area (TPSA) is 46.1 Å². The zero-order valence-corrected chi connectivity index (χ0v) is 17.4. The van der Waals surface area contributed by atoms with E-state index in [0.29, 0.717) is 5.56 Å². The quantitative estimate of drug-likeness (QED) is 0.486. The van der Waals surface area contributed by atoms with Crippen molar-refractivity contribution >= 4 is 17.7 Å². The minimum atomic E-state index is -4.59. The van der Waals surface area contributed by atoms with Crippen molar-refractivity contribution in [3.63, 3.8) is 0 Å².